The second-order valence-corrected chi connectivity index (χ2v) is 3.78. The van der Waals surface area contributed by atoms with Crippen LogP contribution in [0.4, 0.5) is 0 Å². The number of nitrogens with zero attached hydrogens (tertiary/aromatic N) is 2. The molecule has 0 aliphatic heterocycles. The Morgan fingerprint density at radius 1 is 1.29 bits per heavy atom. The molecule has 1 atom stereocenters. The lowest BCUT2D eigenvalue weighted by atomic mass is 9.85. The molecule has 0 aromatic carbocycles. The maximum Gasteiger partial charge on any atom is 0.136 e. The van der Waals surface area contributed by atoms with Crippen molar-refractivity contribution in [1.82, 2.24) is 9.97 Å². The Bertz CT molecular complexity index is 310. The Labute approximate surface area is 83.6 Å². The molecule has 3 heteroatoms. The number of carbonyl (C=O) groups is 1. The molecule has 0 N–H and O–H groups in total. The van der Waals surface area contributed by atoms with Crippen LogP contribution in [0.15, 0.2) is 18.5 Å². The van der Waals surface area contributed by atoms with Gasteiger partial charge in [0.2, 0.25) is 0 Å². The van der Waals surface area contributed by atoms with Crippen molar-refractivity contribution in [1.29, 1.82) is 0 Å². The van der Waals surface area contributed by atoms with E-state index < -0.39 is 0 Å². The smallest absolute Gasteiger partial charge is 0.136 e. The lowest BCUT2D eigenvalue weighted by Gasteiger charge is -2.19. The molecule has 0 amide bonds. The molecule has 0 radical (unpaired) electrons. The van der Waals surface area contributed by atoms with Crippen LogP contribution in [-0.4, -0.2) is 15.8 Å². The molecule has 0 bridgehead atoms. The van der Waals surface area contributed by atoms with Crippen LogP contribution >= 0.6 is 0 Å². The predicted molar refractivity (Wildman–Crippen MR) is 52.7 cm³/mol. The predicted octanol–water partition coefficient (Wildman–Crippen LogP) is 1.78. The van der Waals surface area contributed by atoms with Crippen molar-refractivity contribution in [2.75, 3.05) is 0 Å². The van der Waals surface area contributed by atoms with Gasteiger partial charge in [0.25, 0.3) is 0 Å². The molecule has 1 heterocycles. The van der Waals surface area contributed by atoms with Gasteiger partial charge in [-0.25, -0.2) is 9.97 Å². The van der Waals surface area contributed by atoms with Gasteiger partial charge in [0.1, 0.15) is 11.6 Å². The molecular weight excluding hydrogens is 176 g/mol. The van der Waals surface area contributed by atoms with Gasteiger partial charge in [-0.15, -0.1) is 0 Å². The van der Waals surface area contributed by atoms with E-state index in [4.69, 9.17) is 0 Å². The first kappa shape index (κ1) is 9.31. The highest BCUT2D eigenvalue weighted by Gasteiger charge is 2.22. The van der Waals surface area contributed by atoms with Crippen LogP contribution in [0.1, 0.15) is 31.5 Å². The second kappa shape index (κ2) is 4.31. The Morgan fingerprint density at radius 3 is 2.79 bits per heavy atom. The summed E-state index contributed by atoms with van der Waals surface area (Å²) in [7, 11) is 0. The van der Waals surface area contributed by atoms with E-state index in [9.17, 15) is 4.79 Å². The van der Waals surface area contributed by atoms with Crippen molar-refractivity contribution in [3.63, 3.8) is 0 Å². The summed E-state index contributed by atoms with van der Waals surface area (Å²) in [6.45, 7) is 0. The molecule has 0 spiro atoms. The monoisotopic (exact) mass is 190 g/mol. The van der Waals surface area contributed by atoms with Gasteiger partial charge in [0.15, 0.2) is 0 Å². The zero-order valence-electron chi connectivity index (χ0n) is 8.15. The average molecular weight is 190 g/mol. The Kier molecular flexibility index (Phi) is 2.87. The zero-order valence-corrected chi connectivity index (χ0v) is 8.15. The minimum atomic E-state index is 0.172. The van der Waals surface area contributed by atoms with Crippen molar-refractivity contribution in [2.45, 2.75) is 32.1 Å². The Morgan fingerprint density at radius 2 is 2.07 bits per heavy atom. The highest BCUT2D eigenvalue weighted by molar-refractivity contribution is 5.81. The average Bonchev–Trinajstić information content (AvgIpc) is 2.23. The lowest BCUT2D eigenvalue weighted by molar-refractivity contribution is -0.124. The Balaban J connectivity index is 2.00. The normalized spacial score (nSPS) is 22.3. The largest absolute Gasteiger partial charge is 0.299 e. The van der Waals surface area contributed by atoms with E-state index in [-0.39, 0.29) is 5.92 Å². The molecule has 1 saturated carbocycles. The highest BCUT2D eigenvalue weighted by atomic mass is 16.1. The number of hydrogen-bond donors (Lipinski definition) is 0. The summed E-state index contributed by atoms with van der Waals surface area (Å²) in [5.74, 6) is 1.36. The van der Waals surface area contributed by atoms with Gasteiger partial charge in [-0.05, 0) is 18.9 Å². The van der Waals surface area contributed by atoms with Crippen LogP contribution in [0.3, 0.4) is 0 Å². The van der Waals surface area contributed by atoms with E-state index in [1.165, 1.54) is 6.42 Å². The number of ketones is 1. The van der Waals surface area contributed by atoms with Gasteiger partial charge in [-0.3, -0.25) is 4.79 Å². The van der Waals surface area contributed by atoms with Gasteiger partial charge < -0.3 is 0 Å². The molecule has 1 fully saturated rings. The summed E-state index contributed by atoms with van der Waals surface area (Å²) in [5.41, 5.74) is 0. The minimum Gasteiger partial charge on any atom is -0.299 e. The molecule has 0 saturated heterocycles. The first-order valence-corrected chi connectivity index (χ1v) is 5.15. The van der Waals surface area contributed by atoms with Crippen molar-refractivity contribution in [3.8, 4) is 0 Å². The molecule has 1 aliphatic carbocycles. The van der Waals surface area contributed by atoms with Crippen molar-refractivity contribution < 1.29 is 4.79 Å². The fourth-order valence-corrected chi connectivity index (χ4v) is 1.93. The third kappa shape index (κ3) is 2.16. The number of hydrogen-bond acceptors (Lipinski definition) is 3. The van der Waals surface area contributed by atoms with Crippen LogP contribution in [0.25, 0.3) is 0 Å². The summed E-state index contributed by atoms with van der Waals surface area (Å²) in [6.07, 6.45) is 8.17. The molecule has 1 unspecified atom stereocenters. The zero-order chi connectivity index (χ0) is 9.80. The van der Waals surface area contributed by atoms with Gasteiger partial charge >= 0.3 is 0 Å². The van der Waals surface area contributed by atoms with E-state index in [2.05, 4.69) is 9.97 Å². The SMILES string of the molecule is O=C1CCCCC1Cc1ncccn1. The standard InChI is InChI=1S/C11H14N2O/c14-10-5-2-1-4-9(10)8-11-12-6-3-7-13-11/h3,6-7,9H,1-2,4-5,8H2. The lowest BCUT2D eigenvalue weighted by Crippen LogP contribution is -2.21. The number of aromatic nitrogens is 2. The molecular formula is C11H14N2O. The first-order valence-electron chi connectivity index (χ1n) is 5.15. The summed E-state index contributed by atoms with van der Waals surface area (Å²) < 4.78 is 0. The molecule has 1 aromatic rings. The van der Waals surface area contributed by atoms with E-state index >= 15 is 0 Å². The maximum absolute atomic E-state index is 11.5. The highest BCUT2D eigenvalue weighted by Crippen LogP contribution is 2.22. The van der Waals surface area contributed by atoms with E-state index in [0.717, 1.165) is 31.5 Å². The third-order valence-corrected chi connectivity index (χ3v) is 2.73. The molecule has 14 heavy (non-hydrogen) atoms. The number of rotatable bonds is 2. The molecule has 1 aliphatic rings. The maximum atomic E-state index is 11.5. The van der Waals surface area contributed by atoms with Crippen LogP contribution < -0.4 is 0 Å². The van der Waals surface area contributed by atoms with Crippen LogP contribution in [0, 0.1) is 5.92 Å². The summed E-state index contributed by atoms with van der Waals surface area (Å²) >= 11 is 0. The Hall–Kier alpha value is -1.25. The van der Waals surface area contributed by atoms with E-state index in [1.54, 1.807) is 18.5 Å². The molecule has 3 nitrogen and oxygen atoms in total. The van der Waals surface area contributed by atoms with Crippen molar-refractivity contribution >= 4 is 5.78 Å². The third-order valence-electron chi connectivity index (χ3n) is 2.73. The van der Waals surface area contributed by atoms with Crippen molar-refractivity contribution in [3.05, 3.63) is 24.3 Å². The van der Waals surface area contributed by atoms with E-state index in [1.807, 2.05) is 0 Å². The molecule has 1 aromatic heterocycles. The first-order chi connectivity index (χ1) is 6.86. The molecule has 2 rings (SSSR count). The van der Waals surface area contributed by atoms with Crippen LogP contribution in [0.2, 0.25) is 0 Å². The quantitative estimate of drug-likeness (QED) is 0.714. The molecule has 74 valence electrons. The van der Waals surface area contributed by atoms with Gasteiger partial charge in [-0.2, -0.15) is 0 Å². The summed E-state index contributed by atoms with van der Waals surface area (Å²) in [5, 5.41) is 0. The summed E-state index contributed by atoms with van der Waals surface area (Å²) in [6, 6.07) is 1.80. The number of carbonyl (C=O) groups excluding carboxylic acids is 1. The topological polar surface area (TPSA) is 42.9 Å². The summed E-state index contributed by atoms with van der Waals surface area (Å²) in [4.78, 5) is 19.8. The van der Waals surface area contributed by atoms with Crippen LogP contribution in [0.5, 0.6) is 0 Å². The van der Waals surface area contributed by atoms with Gasteiger partial charge in [-0.1, -0.05) is 6.42 Å². The van der Waals surface area contributed by atoms with Gasteiger partial charge in [0.05, 0.1) is 0 Å². The fraction of sp³-hybridized carbons (Fsp3) is 0.545. The second-order valence-electron chi connectivity index (χ2n) is 3.78. The van der Waals surface area contributed by atoms with Gasteiger partial charge in [0, 0.05) is 31.2 Å². The van der Waals surface area contributed by atoms with Crippen molar-refractivity contribution in [2.24, 2.45) is 5.92 Å². The van der Waals surface area contributed by atoms with E-state index in [0.29, 0.717) is 5.78 Å². The van der Waals surface area contributed by atoms with Crippen LogP contribution in [-0.2, 0) is 11.2 Å². The minimum absolute atomic E-state index is 0.172. The number of Topliss-reactive ketones (excluding diaryl/α,β-unsaturated/α-hetero) is 1. The fourth-order valence-electron chi connectivity index (χ4n) is 1.93.